The van der Waals surface area contributed by atoms with E-state index in [1.807, 2.05) is 69.3 Å². The van der Waals surface area contributed by atoms with Gasteiger partial charge in [-0.3, -0.25) is 0 Å². The van der Waals surface area contributed by atoms with Crippen molar-refractivity contribution in [1.82, 2.24) is 5.32 Å². The summed E-state index contributed by atoms with van der Waals surface area (Å²) in [7, 11) is -1.32. The highest BCUT2D eigenvalue weighted by atomic mass is 28.3. The molecule has 1 N–H and O–H groups in total. The molecule has 0 heterocycles. The van der Waals surface area contributed by atoms with E-state index in [-0.39, 0.29) is 5.97 Å². The van der Waals surface area contributed by atoms with E-state index in [0.29, 0.717) is 43.6 Å². The molecule has 7 nitrogen and oxygen atoms in total. The minimum Gasteiger partial charge on any atom is -0.492 e. The van der Waals surface area contributed by atoms with Crippen LogP contribution in [0, 0.1) is 0 Å². The Morgan fingerprint density at radius 3 is 2.05 bits per heavy atom. The summed E-state index contributed by atoms with van der Waals surface area (Å²) in [5, 5.41) is 2.67. The fourth-order valence-corrected chi connectivity index (χ4v) is 4.11. The number of hydrogen-bond donors (Lipinski definition) is 1. The molecule has 0 aliphatic rings. The van der Waals surface area contributed by atoms with E-state index in [9.17, 15) is 9.59 Å². The van der Waals surface area contributed by atoms with Crippen LogP contribution >= 0.6 is 0 Å². The Balaban J connectivity index is 1.97. The Kier molecular flexibility index (Phi) is 11.7. The minimum absolute atomic E-state index is 0.306. The molecule has 0 aliphatic heterocycles. The van der Waals surface area contributed by atoms with E-state index in [1.54, 1.807) is 0 Å². The molecule has 2 aromatic carbocycles. The van der Waals surface area contributed by atoms with Crippen LogP contribution in [0.4, 0.5) is 4.79 Å². The third kappa shape index (κ3) is 12.5. The van der Waals surface area contributed by atoms with Crippen LogP contribution in [-0.4, -0.2) is 51.6 Å². The summed E-state index contributed by atoms with van der Waals surface area (Å²) in [5.74, 6) is 1.36. The third-order valence-electron chi connectivity index (χ3n) is 5.57. The van der Waals surface area contributed by atoms with Gasteiger partial charge in [-0.25, -0.2) is 9.59 Å². The van der Waals surface area contributed by atoms with Crippen molar-refractivity contribution in [1.29, 1.82) is 0 Å². The number of carbonyl (C=O) groups is 2. The Hall–Kier alpha value is -3.00. The van der Waals surface area contributed by atoms with Crippen molar-refractivity contribution in [2.75, 3.05) is 19.8 Å². The van der Waals surface area contributed by atoms with Crippen molar-refractivity contribution in [3.8, 4) is 11.5 Å². The topological polar surface area (TPSA) is 83.1 Å². The third-order valence-corrected chi connectivity index (χ3v) is 7.27. The molecule has 38 heavy (non-hydrogen) atoms. The molecule has 0 saturated heterocycles. The van der Waals surface area contributed by atoms with Gasteiger partial charge in [0.1, 0.15) is 23.7 Å². The second-order valence-corrected chi connectivity index (χ2v) is 17.6. The van der Waals surface area contributed by atoms with Gasteiger partial charge in [0.05, 0.1) is 13.2 Å². The van der Waals surface area contributed by atoms with Crippen molar-refractivity contribution in [2.24, 2.45) is 0 Å². The van der Waals surface area contributed by atoms with Crippen molar-refractivity contribution < 1.29 is 28.5 Å². The van der Waals surface area contributed by atoms with Crippen LogP contribution in [0.1, 0.15) is 51.7 Å². The van der Waals surface area contributed by atoms with E-state index < -0.39 is 25.9 Å². The summed E-state index contributed by atoms with van der Waals surface area (Å²) in [6, 6.07) is 16.3. The molecule has 1 amide bonds. The van der Waals surface area contributed by atoms with Gasteiger partial charge in [-0.15, -0.1) is 0 Å². The van der Waals surface area contributed by atoms with Crippen LogP contribution in [0.5, 0.6) is 11.5 Å². The molecule has 2 aromatic rings. The highest BCUT2D eigenvalue weighted by molar-refractivity contribution is 6.76. The van der Waals surface area contributed by atoms with Gasteiger partial charge in [-0.1, -0.05) is 57.8 Å². The number of hydrogen-bond acceptors (Lipinski definition) is 6. The fraction of sp³-hybridized carbons (Fsp3) is 0.533. The van der Waals surface area contributed by atoms with Crippen LogP contribution in [0.3, 0.4) is 0 Å². The number of ether oxygens (including phenoxy) is 4. The summed E-state index contributed by atoms with van der Waals surface area (Å²) in [6.07, 6.45) is -0.859. The van der Waals surface area contributed by atoms with Gasteiger partial charge in [0.25, 0.3) is 0 Å². The molecule has 0 saturated carbocycles. The fourth-order valence-electron chi connectivity index (χ4n) is 3.39. The highest BCUT2D eigenvalue weighted by Crippen LogP contribution is 2.22. The number of alkyl carbamates (subject to hydrolysis) is 1. The minimum atomic E-state index is -1.32. The summed E-state index contributed by atoms with van der Waals surface area (Å²) in [6.45, 7) is 17.5. The Morgan fingerprint density at radius 1 is 0.895 bits per heavy atom. The van der Waals surface area contributed by atoms with E-state index >= 15 is 0 Å². The summed E-state index contributed by atoms with van der Waals surface area (Å²) >= 11 is 0. The number of rotatable bonds is 13. The maximum absolute atomic E-state index is 13.0. The molecule has 0 unspecified atom stereocenters. The number of nitrogens with one attached hydrogen (secondary N) is 1. The predicted molar refractivity (Wildman–Crippen MR) is 154 cm³/mol. The molecule has 210 valence electrons. The zero-order valence-corrected chi connectivity index (χ0v) is 25.3. The lowest BCUT2D eigenvalue weighted by atomic mass is 10.0. The van der Waals surface area contributed by atoms with Gasteiger partial charge in [0.2, 0.25) is 0 Å². The highest BCUT2D eigenvalue weighted by Gasteiger charge is 2.24. The molecule has 0 radical (unpaired) electrons. The normalized spacial score (nSPS) is 12.6. The zero-order valence-electron chi connectivity index (χ0n) is 24.3. The van der Waals surface area contributed by atoms with Crippen LogP contribution in [0.15, 0.2) is 48.5 Å². The first-order valence-corrected chi connectivity index (χ1v) is 17.0. The first-order chi connectivity index (χ1) is 17.7. The standard InChI is InChI=1S/C30H45NO6Si/c1-22(2)24-11-15-26(16-12-24)36-27(28(32)35-19-20-38(6,7)8)21-23-9-13-25(14-10-23)34-18-17-31-29(33)37-30(3,4)5/h9-16,22,27H,17-21H2,1-8H3,(H,31,33)/t27-/m1/s1. The lowest BCUT2D eigenvalue weighted by Gasteiger charge is -2.21. The summed E-state index contributed by atoms with van der Waals surface area (Å²) < 4.78 is 22.7. The number of carbonyl (C=O) groups excluding carboxylic acids is 2. The average Bonchev–Trinajstić information content (AvgIpc) is 2.80. The molecule has 0 aliphatic carbocycles. The van der Waals surface area contributed by atoms with E-state index in [2.05, 4.69) is 38.8 Å². The van der Waals surface area contributed by atoms with Crippen molar-refractivity contribution in [3.05, 3.63) is 59.7 Å². The van der Waals surface area contributed by atoms with Crippen molar-refractivity contribution in [2.45, 2.75) is 84.3 Å². The number of benzene rings is 2. The Morgan fingerprint density at radius 2 is 1.50 bits per heavy atom. The maximum Gasteiger partial charge on any atom is 0.407 e. The number of esters is 1. The number of amides is 1. The van der Waals surface area contributed by atoms with Crippen molar-refractivity contribution >= 4 is 20.1 Å². The van der Waals surface area contributed by atoms with Gasteiger partial charge >= 0.3 is 12.1 Å². The van der Waals surface area contributed by atoms with Crippen LogP contribution < -0.4 is 14.8 Å². The largest absolute Gasteiger partial charge is 0.492 e. The molecule has 0 bridgehead atoms. The van der Waals surface area contributed by atoms with E-state index in [4.69, 9.17) is 18.9 Å². The second kappa shape index (κ2) is 14.2. The van der Waals surface area contributed by atoms with Crippen LogP contribution in [0.2, 0.25) is 25.7 Å². The molecule has 2 rings (SSSR count). The molecule has 0 aromatic heterocycles. The first kappa shape index (κ1) is 31.2. The van der Waals surface area contributed by atoms with Gasteiger partial charge in [0.15, 0.2) is 6.10 Å². The summed E-state index contributed by atoms with van der Waals surface area (Å²) in [4.78, 5) is 24.7. The molecule has 0 fully saturated rings. The Labute approximate surface area is 229 Å². The molecule has 1 atom stereocenters. The molecule has 0 spiro atoms. The smallest absolute Gasteiger partial charge is 0.407 e. The van der Waals surface area contributed by atoms with E-state index in [1.165, 1.54) is 5.56 Å². The Bertz CT molecular complexity index is 1010. The second-order valence-electron chi connectivity index (χ2n) is 11.9. The van der Waals surface area contributed by atoms with Gasteiger partial charge in [0, 0.05) is 14.5 Å². The van der Waals surface area contributed by atoms with Gasteiger partial charge < -0.3 is 24.3 Å². The zero-order chi connectivity index (χ0) is 28.3. The van der Waals surface area contributed by atoms with Gasteiger partial charge in [-0.05, 0) is 68.1 Å². The molecule has 8 heteroatoms. The monoisotopic (exact) mass is 543 g/mol. The van der Waals surface area contributed by atoms with Crippen LogP contribution in [-0.2, 0) is 20.7 Å². The quantitative estimate of drug-likeness (QED) is 0.174. The summed E-state index contributed by atoms with van der Waals surface area (Å²) in [5.41, 5.74) is 1.60. The lowest BCUT2D eigenvalue weighted by Crippen LogP contribution is -2.34. The maximum atomic E-state index is 13.0. The molecular weight excluding hydrogens is 498 g/mol. The van der Waals surface area contributed by atoms with E-state index in [0.717, 1.165) is 11.6 Å². The predicted octanol–water partition coefficient (Wildman–Crippen LogP) is 6.59. The first-order valence-electron chi connectivity index (χ1n) is 13.3. The van der Waals surface area contributed by atoms with Crippen LogP contribution in [0.25, 0.3) is 0 Å². The average molecular weight is 544 g/mol. The lowest BCUT2D eigenvalue weighted by molar-refractivity contribution is -0.151. The molecular formula is C30H45NO6Si. The van der Waals surface area contributed by atoms with Gasteiger partial charge in [-0.2, -0.15) is 0 Å². The SMILES string of the molecule is CC(C)c1ccc(O[C@H](Cc2ccc(OCCNC(=O)OC(C)(C)C)cc2)C(=O)OCC[Si](C)(C)C)cc1. The van der Waals surface area contributed by atoms with Crippen molar-refractivity contribution in [3.63, 3.8) is 0 Å².